The Balaban J connectivity index is 2.70. The molecule has 7 nitrogen and oxygen atoms in total. The lowest BCUT2D eigenvalue weighted by Gasteiger charge is -2.05. The van der Waals surface area contributed by atoms with Crippen molar-refractivity contribution in [1.82, 2.24) is 18.7 Å². The Kier molecular flexibility index (Phi) is 3.12. The highest BCUT2D eigenvalue weighted by Gasteiger charge is 2.14. The first-order chi connectivity index (χ1) is 8.43. The van der Waals surface area contributed by atoms with Crippen LogP contribution in [0.3, 0.4) is 0 Å². The summed E-state index contributed by atoms with van der Waals surface area (Å²) in [5, 5.41) is -0.0431. The summed E-state index contributed by atoms with van der Waals surface area (Å²) in [6, 6.07) is 0. The fraction of sp³-hybridized carbons (Fsp3) is 0.400. The molecule has 0 fully saturated rings. The highest BCUT2D eigenvalue weighted by molar-refractivity contribution is 8.12. The Morgan fingerprint density at radius 2 is 2.00 bits per heavy atom. The maximum Gasteiger partial charge on any atom is 0.332 e. The van der Waals surface area contributed by atoms with E-state index >= 15 is 0 Å². The van der Waals surface area contributed by atoms with Crippen molar-refractivity contribution in [3.05, 3.63) is 27.2 Å². The summed E-state index contributed by atoms with van der Waals surface area (Å²) in [7, 11) is 2.97. The molecule has 0 saturated heterocycles. The number of imidazole rings is 1. The first kappa shape index (κ1) is 12.6. The SMILES string of the molecule is CC(=O)SCn1cnc2c1c(=O)n(C)c(=O)n2C. The number of rotatable bonds is 2. The van der Waals surface area contributed by atoms with Crippen molar-refractivity contribution in [2.24, 2.45) is 14.1 Å². The van der Waals surface area contributed by atoms with Crippen molar-refractivity contribution in [3.8, 4) is 0 Å². The van der Waals surface area contributed by atoms with E-state index in [0.29, 0.717) is 17.0 Å². The molecule has 0 bridgehead atoms. The van der Waals surface area contributed by atoms with Gasteiger partial charge in [-0.2, -0.15) is 0 Å². The third-order valence-electron chi connectivity index (χ3n) is 2.62. The van der Waals surface area contributed by atoms with E-state index in [1.807, 2.05) is 0 Å². The van der Waals surface area contributed by atoms with Crippen LogP contribution in [0.25, 0.3) is 11.2 Å². The molecule has 0 spiro atoms. The molecule has 0 atom stereocenters. The molecule has 2 aromatic rings. The van der Waals surface area contributed by atoms with Gasteiger partial charge in [0.15, 0.2) is 16.3 Å². The third-order valence-corrected chi connectivity index (χ3v) is 3.44. The minimum Gasteiger partial charge on any atom is -0.314 e. The van der Waals surface area contributed by atoms with Crippen LogP contribution in [0.5, 0.6) is 0 Å². The number of fused-ring (bicyclic) bond motifs is 1. The largest absolute Gasteiger partial charge is 0.332 e. The van der Waals surface area contributed by atoms with E-state index in [1.54, 1.807) is 11.6 Å². The number of hydrogen-bond acceptors (Lipinski definition) is 5. The van der Waals surface area contributed by atoms with Crippen molar-refractivity contribution in [1.29, 1.82) is 0 Å². The van der Waals surface area contributed by atoms with Gasteiger partial charge < -0.3 is 4.57 Å². The summed E-state index contributed by atoms with van der Waals surface area (Å²) < 4.78 is 3.91. The van der Waals surface area contributed by atoms with Gasteiger partial charge in [0.25, 0.3) is 5.56 Å². The van der Waals surface area contributed by atoms with Gasteiger partial charge >= 0.3 is 5.69 Å². The normalized spacial score (nSPS) is 11.1. The average Bonchev–Trinajstić information content (AvgIpc) is 2.75. The highest BCUT2D eigenvalue weighted by atomic mass is 32.2. The van der Waals surface area contributed by atoms with E-state index < -0.39 is 11.2 Å². The molecule has 96 valence electrons. The van der Waals surface area contributed by atoms with Gasteiger partial charge in [0, 0.05) is 21.0 Å². The minimum absolute atomic E-state index is 0.0431. The maximum absolute atomic E-state index is 12.0. The zero-order chi connectivity index (χ0) is 13.4. The van der Waals surface area contributed by atoms with Gasteiger partial charge in [0.1, 0.15) is 0 Å². The molecule has 0 aromatic carbocycles. The van der Waals surface area contributed by atoms with Crippen molar-refractivity contribution < 1.29 is 4.79 Å². The van der Waals surface area contributed by atoms with Gasteiger partial charge in [-0.15, -0.1) is 0 Å². The third kappa shape index (κ3) is 1.88. The Hall–Kier alpha value is -1.83. The molecule has 2 rings (SSSR count). The second kappa shape index (κ2) is 4.45. The van der Waals surface area contributed by atoms with Crippen LogP contribution in [0, 0.1) is 0 Å². The molecule has 8 heteroatoms. The lowest BCUT2D eigenvalue weighted by Crippen LogP contribution is -2.37. The van der Waals surface area contributed by atoms with Gasteiger partial charge in [-0.3, -0.25) is 18.7 Å². The lowest BCUT2D eigenvalue weighted by atomic mass is 10.5. The number of nitrogens with zero attached hydrogens (tertiary/aromatic N) is 4. The molecule has 0 radical (unpaired) electrons. The van der Waals surface area contributed by atoms with E-state index in [2.05, 4.69) is 4.98 Å². The standard InChI is InChI=1S/C10H12N4O3S/c1-6(15)18-5-14-4-11-8-7(14)9(16)13(3)10(17)12(8)2/h4H,5H2,1-3H3. The molecular weight excluding hydrogens is 256 g/mol. The predicted molar refractivity (Wildman–Crippen MR) is 68.5 cm³/mol. The van der Waals surface area contributed by atoms with Crippen LogP contribution in [0.4, 0.5) is 0 Å². The second-order valence-electron chi connectivity index (χ2n) is 3.86. The molecule has 2 heterocycles. The fourth-order valence-corrected chi connectivity index (χ4v) is 2.17. The monoisotopic (exact) mass is 268 g/mol. The van der Waals surface area contributed by atoms with Crippen molar-refractivity contribution in [2.45, 2.75) is 12.8 Å². The number of hydrogen-bond donors (Lipinski definition) is 0. The Morgan fingerprint density at radius 1 is 1.33 bits per heavy atom. The quantitative estimate of drug-likeness (QED) is 0.745. The summed E-state index contributed by atoms with van der Waals surface area (Å²) in [6.07, 6.45) is 1.46. The van der Waals surface area contributed by atoms with Gasteiger partial charge in [-0.25, -0.2) is 9.78 Å². The Morgan fingerprint density at radius 3 is 2.61 bits per heavy atom. The highest BCUT2D eigenvalue weighted by Crippen LogP contribution is 2.11. The second-order valence-corrected chi connectivity index (χ2v) is 4.98. The summed E-state index contributed by atoms with van der Waals surface area (Å²) >= 11 is 1.08. The number of thioether (sulfide) groups is 1. The summed E-state index contributed by atoms with van der Waals surface area (Å²) in [5.74, 6) is 0.305. The molecule has 0 unspecified atom stereocenters. The van der Waals surface area contributed by atoms with Gasteiger partial charge in [0.2, 0.25) is 0 Å². The zero-order valence-electron chi connectivity index (χ0n) is 10.2. The minimum atomic E-state index is -0.419. The molecule has 0 saturated carbocycles. The molecular formula is C10H12N4O3S. The van der Waals surface area contributed by atoms with Gasteiger partial charge in [-0.1, -0.05) is 11.8 Å². The first-order valence-electron chi connectivity index (χ1n) is 5.17. The van der Waals surface area contributed by atoms with Crippen molar-refractivity contribution in [2.75, 3.05) is 0 Å². The number of carbonyl (C=O) groups excluding carboxylic acids is 1. The molecule has 0 amide bonds. The maximum atomic E-state index is 12.0. The number of carbonyl (C=O) groups is 1. The zero-order valence-corrected chi connectivity index (χ0v) is 11.0. The smallest absolute Gasteiger partial charge is 0.314 e. The van der Waals surface area contributed by atoms with Crippen LogP contribution in [-0.4, -0.2) is 23.8 Å². The summed E-state index contributed by atoms with van der Waals surface area (Å²) in [6.45, 7) is 1.46. The number of aromatic nitrogens is 4. The Labute approximate surface area is 106 Å². The van der Waals surface area contributed by atoms with E-state index in [9.17, 15) is 14.4 Å². The molecule has 18 heavy (non-hydrogen) atoms. The summed E-state index contributed by atoms with van der Waals surface area (Å²) in [4.78, 5) is 38.7. The van der Waals surface area contributed by atoms with Crippen LogP contribution in [-0.2, 0) is 24.8 Å². The summed E-state index contributed by atoms with van der Waals surface area (Å²) in [5.41, 5.74) is -0.174. The van der Waals surface area contributed by atoms with E-state index in [-0.39, 0.29) is 5.12 Å². The van der Waals surface area contributed by atoms with Crippen LogP contribution < -0.4 is 11.2 Å². The fourth-order valence-electron chi connectivity index (χ4n) is 1.66. The predicted octanol–water partition coefficient (Wildman–Crippen LogP) is -0.329. The van der Waals surface area contributed by atoms with Gasteiger partial charge in [-0.05, 0) is 0 Å². The molecule has 0 aliphatic heterocycles. The van der Waals surface area contributed by atoms with Crippen LogP contribution in [0.2, 0.25) is 0 Å². The van der Waals surface area contributed by atoms with Gasteiger partial charge in [0.05, 0.1) is 12.2 Å². The van der Waals surface area contributed by atoms with E-state index in [4.69, 9.17) is 0 Å². The lowest BCUT2D eigenvalue weighted by molar-refractivity contribution is -0.109. The first-order valence-corrected chi connectivity index (χ1v) is 6.16. The topological polar surface area (TPSA) is 78.9 Å². The van der Waals surface area contributed by atoms with Crippen LogP contribution in [0.15, 0.2) is 15.9 Å². The van der Waals surface area contributed by atoms with Crippen LogP contribution in [0.1, 0.15) is 6.92 Å². The number of aryl methyl sites for hydroxylation is 1. The van der Waals surface area contributed by atoms with Crippen LogP contribution >= 0.6 is 11.8 Å². The van der Waals surface area contributed by atoms with E-state index in [1.165, 1.54) is 24.9 Å². The molecule has 0 N–H and O–H groups in total. The van der Waals surface area contributed by atoms with Crippen molar-refractivity contribution >= 4 is 28.0 Å². The van der Waals surface area contributed by atoms with E-state index in [0.717, 1.165) is 16.3 Å². The Bertz CT molecular complexity index is 740. The molecule has 0 aliphatic rings. The average molecular weight is 268 g/mol. The van der Waals surface area contributed by atoms with Crippen molar-refractivity contribution in [3.63, 3.8) is 0 Å². The molecule has 0 aliphatic carbocycles. The molecule has 2 aromatic heterocycles.